The zero-order valence-electron chi connectivity index (χ0n) is 9.72. The minimum atomic E-state index is -0.296. The lowest BCUT2D eigenvalue weighted by atomic mass is 10.1. The van der Waals surface area contributed by atoms with Gasteiger partial charge >= 0.3 is 0 Å². The molecule has 0 bridgehead atoms. The number of rotatable bonds is 2. The Morgan fingerprint density at radius 3 is 2.33 bits per heavy atom. The fourth-order valence-electron chi connectivity index (χ4n) is 1.80. The van der Waals surface area contributed by atoms with Gasteiger partial charge < -0.3 is 9.47 Å². The largest absolute Gasteiger partial charge is 0.455 e. The second-order valence-corrected chi connectivity index (χ2v) is 6.12. The number of hydrogen-bond acceptors (Lipinski definition) is 3. The maximum Gasteiger partial charge on any atom is 0.266 e. The van der Waals surface area contributed by atoms with Gasteiger partial charge in [0.15, 0.2) is 0 Å². The molecule has 0 spiro atoms. The molecule has 18 heavy (non-hydrogen) atoms. The molecule has 4 heteroatoms. The third-order valence-corrected chi connectivity index (χ3v) is 4.97. The first-order valence-corrected chi connectivity index (χ1v) is 7.17. The van der Waals surface area contributed by atoms with E-state index in [2.05, 4.69) is 41.1 Å². The number of benzene rings is 1. The molecular formula is C14H11BrO2S. The Morgan fingerprint density at radius 2 is 1.78 bits per heavy atom. The summed E-state index contributed by atoms with van der Waals surface area (Å²) in [5, 5.41) is 0. The molecule has 0 saturated heterocycles. The molecule has 1 aromatic carbocycles. The molecule has 92 valence electrons. The van der Waals surface area contributed by atoms with Crippen LogP contribution in [0.4, 0.5) is 0 Å². The summed E-state index contributed by atoms with van der Waals surface area (Å²) in [5.41, 5.74) is 2.24. The van der Waals surface area contributed by atoms with Gasteiger partial charge in [-0.15, -0.1) is 11.3 Å². The van der Waals surface area contributed by atoms with E-state index in [9.17, 15) is 0 Å². The van der Waals surface area contributed by atoms with Gasteiger partial charge in [-0.25, -0.2) is 0 Å². The van der Waals surface area contributed by atoms with Crippen LogP contribution in [-0.4, -0.2) is 0 Å². The smallest absolute Gasteiger partial charge is 0.266 e. The Kier molecular flexibility index (Phi) is 3.14. The van der Waals surface area contributed by atoms with Gasteiger partial charge in [0.2, 0.25) is 0 Å². The number of hydrogen-bond donors (Lipinski definition) is 0. The maximum atomic E-state index is 5.30. The lowest BCUT2D eigenvalue weighted by Gasteiger charge is -2.10. The van der Waals surface area contributed by atoms with Gasteiger partial charge in [0.25, 0.3) is 6.29 Å². The molecule has 0 fully saturated rings. The summed E-state index contributed by atoms with van der Waals surface area (Å²) in [4.78, 5) is 2.55. The molecule has 0 N–H and O–H groups in total. The van der Waals surface area contributed by atoms with Crippen molar-refractivity contribution in [3.8, 4) is 10.4 Å². The molecule has 0 unspecified atom stereocenters. The molecular weight excluding hydrogens is 312 g/mol. The Hall–Kier alpha value is -1.26. The predicted molar refractivity (Wildman–Crippen MR) is 76.2 cm³/mol. The Bertz CT molecular complexity index is 559. The molecule has 1 aliphatic rings. The van der Waals surface area contributed by atoms with Gasteiger partial charge in [0.05, 0.1) is 0 Å². The third-order valence-electron chi connectivity index (χ3n) is 2.78. The highest BCUT2D eigenvalue weighted by atomic mass is 79.9. The van der Waals surface area contributed by atoms with Crippen molar-refractivity contribution < 1.29 is 9.47 Å². The Morgan fingerprint density at radius 1 is 1.11 bits per heavy atom. The average Bonchev–Trinajstić information content (AvgIpc) is 3.01. The van der Waals surface area contributed by atoms with Crippen LogP contribution in [0.2, 0.25) is 0 Å². The van der Waals surface area contributed by atoms with E-state index < -0.39 is 0 Å². The van der Waals surface area contributed by atoms with Crippen molar-refractivity contribution in [2.24, 2.45) is 0 Å². The monoisotopic (exact) mass is 322 g/mol. The summed E-state index contributed by atoms with van der Waals surface area (Å²) in [6.07, 6.45) is 2.84. The van der Waals surface area contributed by atoms with Crippen LogP contribution >= 0.6 is 27.3 Å². The van der Waals surface area contributed by atoms with Crippen molar-refractivity contribution in [1.82, 2.24) is 0 Å². The van der Waals surface area contributed by atoms with Crippen LogP contribution in [0.5, 0.6) is 0 Å². The van der Waals surface area contributed by atoms with Crippen molar-refractivity contribution >= 4 is 27.3 Å². The summed E-state index contributed by atoms with van der Waals surface area (Å²) in [6.45, 7) is 2.11. The molecule has 3 rings (SSSR count). The summed E-state index contributed by atoms with van der Waals surface area (Å²) < 4.78 is 11.8. The van der Waals surface area contributed by atoms with Gasteiger partial charge in [0.1, 0.15) is 12.5 Å². The predicted octanol–water partition coefficient (Wildman–Crippen LogP) is 5.00. The summed E-state index contributed by atoms with van der Waals surface area (Å²) in [7, 11) is 0. The number of aryl methyl sites for hydroxylation is 1. The molecule has 0 saturated carbocycles. The van der Waals surface area contributed by atoms with Crippen LogP contribution in [0, 0.1) is 6.92 Å². The molecule has 0 aliphatic carbocycles. The van der Waals surface area contributed by atoms with Crippen LogP contribution in [0.25, 0.3) is 10.4 Å². The molecule has 2 heterocycles. The third kappa shape index (κ3) is 2.18. The molecule has 1 aliphatic heterocycles. The highest BCUT2D eigenvalue weighted by molar-refractivity contribution is 9.10. The highest BCUT2D eigenvalue weighted by Crippen LogP contribution is 2.35. The minimum absolute atomic E-state index is 0.296. The van der Waals surface area contributed by atoms with E-state index in [4.69, 9.17) is 9.47 Å². The van der Waals surface area contributed by atoms with E-state index in [1.54, 1.807) is 23.9 Å². The highest BCUT2D eigenvalue weighted by Gasteiger charge is 2.15. The molecule has 0 radical (unpaired) electrons. The lowest BCUT2D eigenvalue weighted by Crippen LogP contribution is -1.96. The first-order chi connectivity index (χ1) is 8.74. The van der Waals surface area contributed by atoms with E-state index in [0.717, 1.165) is 5.56 Å². The van der Waals surface area contributed by atoms with Crippen LogP contribution in [0.1, 0.15) is 16.7 Å². The Balaban J connectivity index is 1.86. The Labute approximate surface area is 118 Å². The van der Waals surface area contributed by atoms with Crippen molar-refractivity contribution in [2.45, 2.75) is 13.2 Å². The number of ether oxygens (including phenoxy) is 2. The van der Waals surface area contributed by atoms with Crippen molar-refractivity contribution in [2.75, 3.05) is 0 Å². The quantitative estimate of drug-likeness (QED) is 0.774. The van der Waals surface area contributed by atoms with E-state index in [1.807, 2.05) is 12.1 Å². The maximum absolute atomic E-state index is 5.30. The average molecular weight is 323 g/mol. The van der Waals surface area contributed by atoms with Crippen molar-refractivity contribution in [3.63, 3.8) is 0 Å². The first-order valence-electron chi connectivity index (χ1n) is 5.56. The van der Waals surface area contributed by atoms with Crippen molar-refractivity contribution in [3.05, 3.63) is 57.8 Å². The van der Waals surface area contributed by atoms with Gasteiger partial charge in [0, 0.05) is 19.8 Å². The zero-order valence-corrected chi connectivity index (χ0v) is 12.1. The molecule has 1 aromatic heterocycles. The van der Waals surface area contributed by atoms with Crippen LogP contribution in [-0.2, 0) is 9.47 Å². The second kappa shape index (κ2) is 4.78. The SMILES string of the molecule is Cc1sc(-c2ccc(C3OC=CO3)cc2)cc1Br. The first kappa shape index (κ1) is 11.8. The van der Waals surface area contributed by atoms with E-state index in [0.29, 0.717) is 0 Å². The minimum Gasteiger partial charge on any atom is -0.455 e. The van der Waals surface area contributed by atoms with Crippen LogP contribution in [0.15, 0.2) is 47.3 Å². The van der Waals surface area contributed by atoms with Gasteiger partial charge in [-0.1, -0.05) is 24.3 Å². The standard InChI is InChI=1S/C14H11BrO2S/c1-9-12(15)8-13(18-9)10-2-4-11(5-3-10)14-16-6-7-17-14/h2-8,14H,1H3. The summed E-state index contributed by atoms with van der Waals surface area (Å²) in [6, 6.07) is 10.4. The normalized spacial score (nSPS) is 14.6. The summed E-state index contributed by atoms with van der Waals surface area (Å²) in [5.74, 6) is 0. The number of halogens is 1. The number of thiophene rings is 1. The molecule has 0 atom stereocenters. The van der Waals surface area contributed by atoms with Gasteiger partial charge in [-0.2, -0.15) is 0 Å². The van der Waals surface area contributed by atoms with E-state index >= 15 is 0 Å². The zero-order chi connectivity index (χ0) is 12.5. The summed E-state index contributed by atoms with van der Waals surface area (Å²) >= 11 is 5.33. The van der Waals surface area contributed by atoms with Crippen molar-refractivity contribution in [1.29, 1.82) is 0 Å². The second-order valence-electron chi connectivity index (χ2n) is 4.01. The fraction of sp³-hybridized carbons (Fsp3) is 0.143. The molecule has 2 nitrogen and oxygen atoms in total. The van der Waals surface area contributed by atoms with Crippen LogP contribution < -0.4 is 0 Å². The van der Waals surface area contributed by atoms with Gasteiger partial charge in [-0.05, 0) is 34.5 Å². The fourth-order valence-corrected chi connectivity index (χ4v) is 3.34. The van der Waals surface area contributed by atoms with E-state index in [-0.39, 0.29) is 6.29 Å². The van der Waals surface area contributed by atoms with Crippen LogP contribution in [0.3, 0.4) is 0 Å². The van der Waals surface area contributed by atoms with Gasteiger partial charge in [-0.3, -0.25) is 0 Å². The lowest BCUT2D eigenvalue weighted by molar-refractivity contribution is -0.0245. The molecule has 2 aromatic rings. The topological polar surface area (TPSA) is 18.5 Å². The molecule has 0 amide bonds. The van der Waals surface area contributed by atoms with E-state index in [1.165, 1.54) is 19.8 Å².